The van der Waals surface area contributed by atoms with Crippen molar-refractivity contribution in [1.29, 1.82) is 0 Å². The van der Waals surface area contributed by atoms with Gasteiger partial charge in [0.2, 0.25) is 0 Å². The second-order valence-corrected chi connectivity index (χ2v) is 8.41. The number of nitrogens with zero attached hydrogens (tertiary/aromatic N) is 2. The van der Waals surface area contributed by atoms with Crippen LogP contribution >= 0.6 is 0 Å². The third-order valence-electron chi connectivity index (χ3n) is 5.79. The van der Waals surface area contributed by atoms with Crippen LogP contribution in [0.25, 0.3) is 0 Å². The Labute approximate surface area is 173 Å². The lowest BCUT2D eigenvalue weighted by molar-refractivity contribution is -0.0591. The summed E-state index contributed by atoms with van der Waals surface area (Å²) in [4.78, 5) is 16.9. The van der Waals surface area contributed by atoms with E-state index in [1.807, 2.05) is 30.9 Å². The molecule has 3 N–H and O–H groups in total. The Hall–Kier alpha value is -2.07. The molecular formula is C23H33N3O3. The summed E-state index contributed by atoms with van der Waals surface area (Å²) in [6.07, 6.45) is 1.36. The van der Waals surface area contributed by atoms with Crippen molar-refractivity contribution >= 4 is 6.03 Å². The van der Waals surface area contributed by atoms with Crippen molar-refractivity contribution in [1.82, 2.24) is 15.1 Å². The lowest BCUT2D eigenvalue weighted by Crippen LogP contribution is -2.68. The zero-order chi connectivity index (χ0) is 21.0. The van der Waals surface area contributed by atoms with E-state index in [-0.39, 0.29) is 36.7 Å². The number of hydrogen-bond acceptors (Lipinski definition) is 4. The van der Waals surface area contributed by atoms with E-state index in [1.165, 1.54) is 0 Å². The van der Waals surface area contributed by atoms with Crippen molar-refractivity contribution in [3.8, 4) is 11.8 Å². The molecule has 6 nitrogen and oxygen atoms in total. The first kappa shape index (κ1) is 21.6. The number of amides is 2. The molecule has 2 aliphatic heterocycles. The lowest BCUT2D eigenvalue weighted by atomic mass is 9.74. The van der Waals surface area contributed by atoms with Gasteiger partial charge in [0.05, 0.1) is 6.61 Å². The fourth-order valence-electron chi connectivity index (χ4n) is 4.44. The fraction of sp³-hybridized carbons (Fsp3) is 0.609. The second kappa shape index (κ2) is 9.62. The molecule has 0 saturated carbocycles. The van der Waals surface area contributed by atoms with Crippen LogP contribution in [0.5, 0.6) is 0 Å². The molecule has 2 heterocycles. The maximum atomic E-state index is 12.6. The third-order valence-corrected chi connectivity index (χ3v) is 5.79. The van der Waals surface area contributed by atoms with Crippen molar-refractivity contribution in [3.63, 3.8) is 0 Å². The predicted molar refractivity (Wildman–Crippen MR) is 114 cm³/mol. The number of carbonyl (C=O) groups is 1. The average Bonchev–Trinajstić information content (AvgIpc) is 2.65. The predicted octanol–water partition coefficient (Wildman–Crippen LogP) is 1.76. The summed E-state index contributed by atoms with van der Waals surface area (Å²) in [7, 11) is 0. The van der Waals surface area contributed by atoms with Crippen molar-refractivity contribution in [3.05, 3.63) is 35.4 Å². The van der Waals surface area contributed by atoms with E-state index < -0.39 is 6.10 Å². The normalized spacial score (nSPS) is 25.7. The molecule has 4 atom stereocenters. The highest BCUT2D eigenvalue weighted by Gasteiger charge is 2.49. The minimum Gasteiger partial charge on any atom is -0.395 e. The van der Waals surface area contributed by atoms with Gasteiger partial charge in [-0.2, -0.15) is 0 Å². The summed E-state index contributed by atoms with van der Waals surface area (Å²) in [5.41, 5.74) is 2.03. The molecule has 0 unspecified atom stereocenters. The maximum Gasteiger partial charge on any atom is 0.317 e. The third kappa shape index (κ3) is 5.11. The quantitative estimate of drug-likeness (QED) is 0.677. The molecule has 0 radical (unpaired) electrons. The SMILES string of the molecule is CC(C)NC(=O)N1CCCCN2[C@@H](CO)[C@@H](c3ccc(C#C[C@@H](C)O)cc3)[C@@H]2C1. The van der Waals surface area contributed by atoms with E-state index in [4.69, 9.17) is 0 Å². The number of fused-ring (bicyclic) bond motifs is 1. The molecule has 0 aromatic heterocycles. The van der Waals surface area contributed by atoms with Crippen molar-refractivity contribution < 1.29 is 15.0 Å². The average molecular weight is 400 g/mol. The van der Waals surface area contributed by atoms with Gasteiger partial charge in [-0.3, -0.25) is 4.90 Å². The van der Waals surface area contributed by atoms with Crippen molar-refractivity contribution in [2.24, 2.45) is 0 Å². The molecule has 0 bridgehead atoms. The van der Waals surface area contributed by atoms with Gasteiger partial charge in [0.1, 0.15) is 6.10 Å². The molecule has 0 spiro atoms. The van der Waals surface area contributed by atoms with Gasteiger partial charge in [-0.25, -0.2) is 4.79 Å². The molecule has 158 valence electrons. The van der Waals surface area contributed by atoms with Gasteiger partial charge in [-0.05, 0) is 57.9 Å². The Bertz CT molecular complexity index is 751. The molecule has 2 aliphatic rings. The first-order valence-electron chi connectivity index (χ1n) is 10.6. The molecule has 29 heavy (non-hydrogen) atoms. The van der Waals surface area contributed by atoms with Crippen LogP contribution in [0.1, 0.15) is 50.7 Å². The van der Waals surface area contributed by atoms with E-state index in [0.29, 0.717) is 6.54 Å². The molecule has 2 amide bonds. The van der Waals surface area contributed by atoms with Gasteiger partial charge in [-0.1, -0.05) is 24.0 Å². The van der Waals surface area contributed by atoms with Crippen molar-refractivity contribution in [2.75, 3.05) is 26.2 Å². The minimum absolute atomic E-state index is 0.00297. The standard InChI is InChI=1S/C23H33N3O3/c1-16(2)24-23(29)25-12-4-5-13-26-20(14-25)22(21(26)15-27)19-10-8-18(9-11-19)7-6-17(3)28/h8-11,16-17,20-22,27-28H,4-5,12-15H2,1-3H3,(H,24,29)/t17-,20+,21+,22+/m1/s1. The Morgan fingerprint density at radius 1 is 1.21 bits per heavy atom. The first-order valence-corrected chi connectivity index (χ1v) is 10.6. The molecule has 0 aliphatic carbocycles. The summed E-state index contributed by atoms with van der Waals surface area (Å²) in [6.45, 7) is 8.11. The number of aliphatic hydroxyl groups excluding tert-OH is 2. The van der Waals surface area contributed by atoms with E-state index in [2.05, 4.69) is 34.2 Å². The van der Waals surface area contributed by atoms with Gasteiger partial charge in [0.15, 0.2) is 0 Å². The highest BCUT2D eigenvalue weighted by atomic mass is 16.3. The zero-order valence-electron chi connectivity index (χ0n) is 17.6. The number of nitrogens with one attached hydrogen (secondary N) is 1. The van der Waals surface area contributed by atoms with Gasteiger partial charge in [0.25, 0.3) is 0 Å². The Morgan fingerprint density at radius 2 is 1.90 bits per heavy atom. The van der Waals surface area contributed by atoms with E-state index >= 15 is 0 Å². The topological polar surface area (TPSA) is 76.0 Å². The molecule has 1 aromatic rings. The Balaban J connectivity index is 1.78. The monoisotopic (exact) mass is 399 g/mol. The molecular weight excluding hydrogens is 366 g/mol. The molecule has 2 fully saturated rings. The largest absolute Gasteiger partial charge is 0.395 e. The van der Waals surface area contributed by atoms with Gasteiger partial charge in [-0.15, -0.1) is 0 Å². The van der Waals surface area contributed by atoms with Crippen LogP contribution in [0.3, 0.4) is 0 Å². The zero-order valence-corrected chi connectivity index (χ0v) is 17.6. The summed E-state index contributed by atoms with van der Waals surface area (Å²) in [5.74, 6) is 5.91. The van der Waals surface area contributed by atoms with Crippen molar-refractivity contribution in [2.45, 2.75) is 63.8 Å². The lowest BCUT2D eigenvalue weighted by Gasteiger charge is -2.57. The first-order chi connectivity index (χ1) is 13.9. The molecule has 6 heteroatoms. The van der Waals surface area contributed by atoms with Gasteiger partial charge in [0, 0.05) is 42.7 Å². The van der Waals surface area contributed by atoms with Crippen LogP contribution in [0.4, 0.5) is 4.79 Å². The number of hydrogen-bond donors (Lipinski definition) is 3. The van der Waals surface area contributed by atoms with Crippen LogP contribution in [-0.2, 0) is 0 Å². The molecule has 3 rings (SSSR count). The van der Waals surface area contributed by atoms with E-state index in [1.54, 1.807) is 6.92 Å². The van der Waals surface area contributed by atoms with E-state index in [9.17, 15) is 15.0 Å². The summed E-state index contributed by atoms with van der Waals surface area (Å²) >= 11 is 0. The summed E-state index contributed by atoms with van der Waals surface area (Å²) in [5, 5.41) is 22.4. The van der Waals surface area contributed by atoms with Crippen LogP contribution in [0.2, 0.25) is 0 Å². The maximum absolute atomic E-state index is 12.6. The number of carbonyl (C=O) groups excluding carboxylic acids is 1. The van der Waals surface area contributed by atoms with Gasteiger partial charge < -0.3 is 20.4 Å². The fourth-order valence-corrected chi connectivity index (χ4v) is 4.44. The summed E-state index contributed by atoms with van der Waals surface area (Å²) in [6, 6.07) is 8.46. The second-order valence-electron chi connectivity index (χ2n) is 8.41. The Morgan fingerprint density at radius 3 is 2.52 bits per heavy atom. The smallest absolute Gasteiger partial charge is 0.317 e. The van der Waals surface area contributed by atoms with Crippen LogP contribution < -0.4 is 5.32 Å². The van der Waals surface area contributed by atoms with Gasteiger partial charge >= 0.3 is 6.03 Å². The number of rotatable bonds is 3. The molecule has 2 saturated heterocycles. The number of urea groups is 1. The number of benzene rings is 1. The highest BCUT2D eigenvalue weighted by Crippen LogP contribution is 2.41. The summed E-state index contributed by atoms with van der Waals surface area (Å²) < 4.78 is 0. The minimum atomic E-state index is -0.647. The van der Waals surface area contributed by atoms with E-state index in [0.717, 1.165) is 37.1 Å². The van der Waals surface area contributed by atoms with Crippen LogP contribution in [0, 0.1) is 11.8 Å². The Kier molecular flexibility index (Phi) is 7.18. The highest BCUT2D eigenvalue weighted by molar-refractivity contribution is 5.74. The van der Waals surface area contributed by atoms with Crippen LogP contribution in [0.15, 0.2) is 24.3 Å². The molecule has 1 aromatic carbocycles. The number of aliphatic hydroxyl groups is 2. The van der Waals surface area contributed by atoms with Crippen LogP contribution in [-0.4, -0.2) is 76.5 Å².